The lowest BCUT2D eigenvalue weighted by molar-refractivity contribution is 0.102. The zero-order valence-corrected chi connectivity index (χ0v) is 16.0. The lowest BCUT2D eigenvalue weighted by atomic mass is 10.0. The van der Waals surface area contributed by atoms with Crippen LogP contribution >= 0.6 is 22.7 Å². The van der Waals surface area contributed by atoms with E-state index < -0.39 is 11.5 Å². The first-order valence-electron chi connectivity index (χ1n) is 8.40. The van der Waals surface area contributed by atoms with Gasteiger partial charge >= 0.3 is 0 Å². The number of anilines is 1. The summed E-state index contributed by atoms with van der Waals surface area (Å²) >= 11 is 2.65. The van der Waals surface area contributed by atoms with Crippen molar-refractivity contribution in [2.24, 2.45) is 0 Å². The Balaban J connectivity index is 1.47. The van der Waals surface area contributed by atoms with Crippen LogP contribution in [-0.2, 0) is 0 Å². The van der Waals surface area contributed by atoms with Crippen molar-refractivity contribution in [1.29, 1.82) is 0 Å². The third-order valence-corrected chi connectivity index (χ3v) is 5.91. The van der Waals surface area contributed by atoms with Crippen molar-refractivity contribution in [1.82, 2.24) is 14.4 Å². The number of carbonyl (C=O) groups is 1. The molecule has 136 valence electrons. The van der Waals surface area contributed by atoms with Gasteiger partial charge in [0.05, 0.1) is 5.69 Å². The Kier molecular flexibility index (Phi) is 4.00. The summed E-state index contributed by atoms with van der Waals surface area (Å²) < 4.78 is 1.36. The Morgan fingerprint density at radius 2 is 1.93 bits per heavy atom. The van der Waals surface area contributed by atoms with Gasteiger partial charge in [0.2, 0.25) is 0 Å². The fraction of sp³-hybridized carbons (Fsp3) is 0. The summed E-state index contributed by atoms with van der Waals surface area (Å²) in [4.78, 5) is 34.3. The molecule has 0 aliphatic heterocycles. The quantitative estimate of drug-likeness (QED) is 0.487. The highest BCUT2D eigenvalue weighted by Gasteiger charge is 2.16. The molecule has 0 spiro atoms. The second kappa shape index (κ2) is 6.66. The molecule has 0 radical (unpaired) electrons. The first-order valence-corrected chi connectivity index (χ1v) is 10.2. The van der Waals surface area contributed by atoms with E-state index in [1.54, 1.807) is 11.6 Å². The second-order valence-corrected chi connectivity index (χ2v) is 7.78. The first-order chi connectivity index (χ1) is 13.7. The van der Waals surface area contributed by atoms with Crippen molar-refractivity contribution in [3.8, 4) is 11.3 Å². The smallest absolute Gasteiger partial charge is 0.271 e. The number of amides is 1. The highest BCUT2D eigenvalue weighted by molar-refractivity contribution is 7.15. The van der Waals surface area contributed by atoms with Crippen LogP contribution in [0.3, 0.4) is 0 Å². The molecular formula is C20H12N4O2S2. The van der Waals surface area contributed by atoms with Gasteiger partial charge < -0.3 is 0 Å². The maximum atomic E-state index is 12.6. The highest BCUT2D eigenvalue weighted by Crippen LogP contribution is 2.31. The van der Waals surface area contributed by atoms with E-state index in [9.17, 15) is 9.59 Å². The Hall–Kier alpha value is -3.36. The van der Waals surface area contributed by atoms with E-state index in [1.165, 1.54) is 33.3 Å². The monoisotopic (exact) mass is 404 g/mol. The van der Waals surface area contributed by atoms with Crippen LogP contribution in [0.1, 0.15) is 10.4 Å². The number of benzene rings is 2. The van der Waals surface area contributed by atoms with E-state index in [2.05, 4.69) is 27.4 Å². The van der Waals surface area contributed by atoms with Gasteiger partial charge in [-0.25, -0.2) is 9.97 Å². The normalized spacial score (nSPS) is 11.1. The van der Waals surface area contributed by atoms with Crippen LogP contribution in [0.2, 0.25) is 0 Å². The zero-order chi connectivity index (χ0) is 19.1. The summed E-state index contributed by atoms with van der Waals surface area (Å²) in [6, 6.07) is 14.1. The van der Waals surface area contributed by atoms with E-state index in [1.807, 2.05) is 35.7 Å². The number of fused-ring (bicyclic) bond motifs is 2. The Bertz CT molecular complexity index is 1390. The zero-order valence-electron chi connectivity index (χ0n) is 14.3. The van der Waals surface area contributed by atoms with Crippen LogP contribution in [0.15, 0.2) is 70.4 Å². The average Bonchev–Trinajstić information content (AvgIpc) is 3.37. The fourth-order valence-corrected chi connectivity index (χ4v) is 4.43. The predicted molar refractivity (Wildman–Crippen MR) is 112 cm³/mol. The number of hydrogen-bond acceptors (Lipinski definition) is 6. The molecule has 0 aliphatic rings. The van der Waals surface area contributed by atoms with Crippen molar-refractivity contribution in [3.63, 3.8) is 0 Å². The molecule has 6 nitrogen and oxygen atoms in total. The third kappa shape index (κ3) is 2.79. The van der Waals surface area contributed by atoms with Crippen LogP contribution in [0.4, 0.5) is 5.13 Å². The number of rotatable bonds is 3. The van der Waals surface area contributed by atoms with Gasteiger partial charge in [-0.1, -0.05) is 42.5 Å². The van der Waals surface area contributed by atoms with Gasteiger partial charge in [-0.05, 0) is 10.8 Å². The van der Waals surface area contributed by atoms with E-state index in [0.717, 1.165) is 22.0 Å². The van der Waals surface area contributed by atoms with Crippen LogP contribution in [0.5, 0.6) is 0 Å². The molecule has 3 heterocycles. The molecule has 0 atom stereocenters. The van der Waals surface area contributed by atoms with E-state index >= 15 is 0 Å². The second-order valence-electron chi connectivity index (χ2n) is 6.05. The highest BCUT2D eigenvalue weighted by atomic mass is 32.1. The summed E-state index contributed by atoms with van der Waals surface area (Å²) in [5.41, 5.74) is 1.36. The molecule has 28 heavy (non-hydrogen) atoms. The summed E-state index contributed by atoms with van der Waals surface area (Å²) in [5, 5.41) is 9.01. The Morgan fingerprint density at radius 3 is 2.86 bits per heavy atom. The minimum Gasteiger partial charge on any atom is -0.298 e. The van der Waals surface area contributed by atoms with Gasteiger partial charge in [-0.15, -0.1) is 22.7 Å². The lowest BCUT2D eigenvalue weighted by Gasteiger charge is -2.04. The van der Waals surface area contributed by atoms with Gasteiger partial charge in [0.25, 0.3) is 11.5 Å². The number of nitrogens with one attached hydrogen (secondary N) is 1. The van der Waals surface area contributed by atoms with Gasteiger partial charge in [-0.3, -0.25) is 19.3 Å². The molecule has 3 aromatic heterocycles. The van der Waals surface area contributed by atoms with Crippen molar-refractivity contribution in [2.45, 2.75) is 0 Å². The molecule has 0 fully saturated rings. The van der Waals surface area contributed by atoms with Crippen LogP contribution in [0.25, 0.3) is 27.0 Å². The van der Waals surface area contributed by atoms with Crippen LogP contribution < -0.4 is 10.9 Å². The molecule has 0 unspecified atom stereocenters. The summed E-state index contributed by atoms with van der Waals surface area (Å²) in [6.45, 7) is 0. The molecule has 5 aromatic rings. The molecular weight excluding hydrogens is 392 g/mol. The lowest BCUT2D eigenvalue weighted by Crippen LogP contribution is -2.25. The fourth-order valence-electron chi connectivity index (χ4n) is 3.05. The molecule has 2 aromatic carbocycles. The maximum Gasteiger partial charge on any atom is 0.271 e. The van der Waals surface area contributed by atoms with Crippen LogP contribution in [0, 0.1) is 0 Å². The van der Waals surface area contributed by atoms with Crippen molar-refractivity contribution >= 4 is 49.4 Å². The molecule has 1 N–H and O–H groups in total. The third-order valence-electron chi connectivity index (χ3n) is 4.38. The van der Waals surface area contributed by atoms with Gasteiger partial charge in [0, 0.05) is 28.7 Å². The van der Waals surface area contributed by atoms with Crippen LogP contribution in [-0.4, -0.2) is 20.3 Å². The number of thiazole rings is 2. The molecule has 8 heteroatoms. The molecule has 0 aliphatic carbocycles. The molecule has 5 rings (SSSR count). The molecule has 0 saturated carbocycles. The van der Waals surface area contributed by atoms with Crippen molar-refractivity contribution < 1.29 is 4.79 Å². The topological polar surface area (TPSA) is 76.4 Å². The van der Waals surface area contributed by atoms with E-state index in [-0.39, 0.29) is 5.56 Å². The van der Waals surface area contributed by atoms with E-state index in [0.29, 0.717) is 10.1 Å². The number of aromatic nitrogens is 3. The van der Waals surface area contributed by atoms with Gasteiger partial charge in [-0.2, -0.15) is 0 Å². The molecule has 0 saturated heterocycles. The summed E-state index contributed by atoms with van der Waals surface area (Å²) in [5.74, 6) is -0.517. The predicted octanol–water partition coefficient (Wildman–Crippen LogP) is 4.29. The Morgan fingerprint density at radius 1 is 1.07 bits per heavy atom. The number of nitrogens with zero attached hydrogens (tertiary/aromatic N) is 3. The van der Waals surface area contributed by atoms with Gasteiger partial charge in [0.15, 0.2) is 10.1 Å². The standard InChI is InChI=1S/C20H12N4O2S2/c25-17(15-10-21-20-24(18(15)26)8-9-27-20)23-19-22-16(11-28-19)14-7-3-5-12-4-1-2-6-13(12)14/h1-11H,(H,22,23,25). The minimum atomic E-state index is -0.517. The molecule has 0 bridgehead atoms. The number of carbonyl (C=O) groups excluding carboxylic acids is 1. The summed E-state index contributed by atoms with van der Waals surface area (Å²) in [6.07, 6.45) is 2.91. The summed E-state index contributed by atoms with van der Waals surface area (Å²) in [7, 11) is 0. The van der Waals surface area contributed by atoms with Crippen molar-refractivity contribution in [2.75, 3.05) is 5.32 Å². The average molecular weight is 404 g/mol. The SMILES string of the molecule is O=C(Nc1nc(-c2cccc3ccccc23)cs1)c1cnc2sccn2c1=O. The van der Waals surface area contributed by atoms with Crippen molar-refractivity contribution in [3.05, 3.63) is 81.5 Å². The molecule has 1 amide bonds. The van der Waals surface area contributed by atoms with E-state index in [4.69, 9.17) is 0 Å². The number of hydrogen-bond donors (Lipinski definition) is 1. The maximum absolute atomic E-state index is 12.6. The Labute approximate surface area is 166 Å². The first kappa shape index (κ1) is 16.8. The largest absolute Gasteiger partial charge is 0.298 e. The van der Waals surface area contributed by atoms with Gasteiger partial charge in [0.1, 0.15) is 5.56 Å². The minimum absolute atomic E-state index is 0.0159.